The van der Waals surface area contributed by atoms with Gasteiger partial charge in [-0.3, -0.25) is 0 Å². The summed E-state index contributed by atoms with van der Waals surface area (Å²) in [6.45, 7) is 5.98. The zero-order chi connectivity index (χ0) is 8.72. The van der Waals surface area contributed by atoms with Gasteiger partial charge in [-0.1, -0.05) is 13.5 Å². The van der Waals surface area contributed by atoms with Crippen LogP contribution in [0.2, 0.25) is 0 Å². The topological polar surface area (TPSA) is 26.3 Å². The van der Waals surface area contributed by atoms with Crippen LogP contribution in [-0.4, -0.2) is 12.1 Å². The number of carbonyl (C=O) groups excluding carboxylic acids is 1. The normalized spacial score (nSPS) is 40.9. The summed E-state index contributed by atoms with van der Waals surface area (Å²) in [7, 11) is 0. The largest absolute Gasteiger partial charge is 0.458 e. The van der Waals surface area contributed by atoms with Gasteiger partial charge in [0.05, 0.1) is 0 Å². The van der Waals surface area contributed by atoms with Gasteiger partial charge in [0.1, 0.15) is 6.10 Å². The number of hydrogen-bond donors (Lipinski definition) is 0. The molecule has 0 spiro atoms. The van der Waals surface area contributed by atoms with Crippen molar-refractivity contribution in [1.82, 2.24) is 0 Å². The van der Waals surface area contributed by atoms with Crippen LogP contribution in [0.4, 0.5) is 0 Å². The molecule has 2 heteroatoms. The molecule has 0 radical (unpaired) electrons. The van der Waals surface area contributed by atoms with E-state index in [1.165, 1.54) is 6.42 Å². The summed E-state index contributed by atoms with van der Waals surface area (Å²) < 4.78 is 5.21. The summed E-state index contributed by atoms with van der Waals surface area (Å²) >= 11 is 0. The molecule has 1 saturated heterocycles. The average Bonchev–Trinajstić information content (AvgIpc) is 2.28. The van der Waals surface area contributed by atoms with E-state index < -0.39 is 0 Å². The maximum absolute atomic E-state index is 11.1. The maximum atomic E-state index is 11.1. The molecule has 12 heavy (non-hydrogen) atoms. The molecule has 0 bridgehead atoms. The molecular formula is C10H14O2. The lowest BCUT2D eigenvalue weighted by Gasteiger charge is -2.27. The van der Waals surface area contributed by atoms with Gasteiger partial charge in [0.15, 0.2) is 0 Å². The van der Waals surface area contributed by atoms with Crippen molar-refractivity contribution in [1.29, 1.82) is 0 Å². The quantitative estimate of drug-likeness (QED) is 0.406. The van der Waals surface area contributed by atoms with E-state index >= 15 is 0 Å². The summed E-state index contributed by atoms with van der Waals surface area (Å²) in [5, 5.41) is 0. The molecule has 0 aromatic carbocycles. The fourth-order valence-corrected chi connectivity index (χ4v) is 2.22. The standard InChI is InChI=1S/C10H14O2/c1-6-3-4-8-7(2)10(11)12-9(8)5-6/h6,8-9H,2-5H2,1H3. The molecule has 1 saturated carbocycles. The second-order valence-electron chi connectivity index (χ2n) is 3.99. The molecule has 2 aliphatic rings. The Bertz CT molecular complexity index is 232. The third-order valence-electron chi connectivity index (χ3n) is 3.02. The fourth-order valence-electron chi connectivity index (χ4n) is 2.22. The Morgan fingerprint density at radius 3 is 3.00 bits per heavy atom. The minimum absolute atomic E-state index is 0.147. The third-order valence-corrected chi connectivity index (χ3v) is 3.02. The van der Waals surface area contributed by atoms with E-state index in [1.807, 2.05) is 0 Å². The number of carbonyl (C=O) groups is 1. The van der Waals surface area contributed by atoms with Crippen molar-refractivity contribution in [3.8, 4) is 0 Å². The van der Waals surface area contributed by atoms with Gasteiger partial charge in [0, 0.05) is 11.5 Å². The van der Waals surface area contributed by atoms with Crippen molar-refractivity contribution in [2.45, 2.75) is 32.3 Å². The van der Waals surface area contributed by atoms with E-state index in [-0.39, 0.29) is 12.1 Å². The molecule has 0 aromatic heterocycles. The van der Waals surface area contributed by atoms with Crippen LogP contribution >= 0.6 is 0 Å². The Balaban J connectivity index is 2.14. The molecule has 2 nitrogen and oxygen atoms in total. The molecule has 0 aromatic rings. The lowest BCUT2D eigenvalue weighted by atomic mass is 9.79. The predicted molar refractivity (Wildman–Crippen MR) is 45.5 cm³/mol. The Hall–Kier alpha value is -0.790. The minimum Gasteiger partial charge on any atom is -0.458 e. The van der Waals surface area contributed by atoms with Crippen LogP contribution in [0.25, 0.3) is 0 Å². The van der Waals surface area contributed by atoms with Crippen molar-refractivity contribution in [2.24, 2.45) is 11.8 Å². The number of hydrogen-bond acceptors (Lipinski definition) is 2. The third kappa shape index (κ3) is 1.06. The highest BCUT2D eigenvalue weighted by Gasteiger charge is 2.41. The first kappa shape index (κ1) is 7.84. The van der Waals surface area contributed by atoms with Gasteiger partial charge >= 0.3 is 5.97 Å². The average molecular weight is 166 g/mol. The fraction of sp³-hybridized carbons (Fsp3) is 0.700. The van der Waals surface area contributed by atoms with E-state index in [0.717, 1.165) is 12.8 Å². The Labute approximate surface area is 72.6 Å². The molecule has 1 aliphatic carbocycles. The van der Waals surface area contributed by atoms with Crippen molar-refractivity contribution in [2.75, 3.05) is 0 Å². The Kier molecular flexibility index (Phi) is 1.71. The number of rotatable bonds is 0. The first-order valence-electron chi connectivity index (χ1n) is 4.58. The van der Waals surface area contributed by atoms with E-state index in [1.54, 1.807) is 0 Å². The van der Waals surface area contributed by atoms with E-state index in [0.29, 0.717) is 17.4 Å². The summed E-state index contributed by atoms with van der Waals surface area (Å²) in [4.78, 5) is 11.1. The molecule has 1 heterocycles. The molecule has 3 atom stereocenters. The molecule has 66 valence electrons. The van der Waals surface area contributed by atoms with Crippen molar-refractivity contribution in [3.63, 3.8) is 0 Å². The minimum atomic E-state index is -0.167. The zero-order valence-corrected chi connectivity index (χ0v) is 7.38. The molecule has 2 rings (SSSR count). The maximum Gasteiger partial charge on any atom is 0.334 e. The number of fused-ring (bicyclic) bond motifs is 1. The van der Waals surface area contributed by atoms with Crippen LogP contribution in [0.3, 0.4) is 0 Å². The summed E-state index contributed by atoms with van der Waals surface area (Å²) in [5.74, 6) is 0.859. The second-order valence-corrected chi connectivity index (χ2v) is 3.99. The van der Waals surface area contributed by atoms with Crippen LogP contribution in [-0.2, 0) is 9.53 Å². The van der Waals surface area contributed by atoms with E-state index in [9.17, 15) is 4.79 Å². The lowest BCUT2D eigenvalue weighted by molar-refractivity contribution is -0.140. The van der Waals surface area contributed by atoms with Gasteiger partial charge in [0.2, 0.25) is 0 Å². The molecule has 2 fully saturated rings. The summed E-state index contributed by atoms with van der Waals surface area (Å²) in [6.07, 6.45) is 3.46. The SMILES string of the molecule is C=C1C(=O)OC2CC(C)CCC12. The van der Waals surface area contributed by atoms with E-state index in [2.05, 4.69) is 13.5 Å². The molecule has 1 aliphatic heterocycles. The van der Waals surface area contributed by atoms with Crippen LogP contribution in [0, 0.1) is 11.8 Å². The molecule has 0 N–H and O–H groups in total. The highest BCUT2D eigenvalue weighted by Crippen LogP contribution is 2.39. The van der Waals surface area contributed by atoms with Crippen LogP contribution < -0.4 is 0 Å². The highest BCUT2D eigenvalue weighted by molar-refractivity contribution is 5.90. The first-order chi connectivity index (χ1) is 5.68. The summed E-state index contributed by atoms with van der Waals surface area (Å²) in [6, 6.07) is 0. The second kappa shape index (κ2) is 2.61. The van der Waals surface area contributed by atoms with Gasteiger partial charge in [0.25, 0.3) is 0 Å². The van der Waals surface area contributed by atoms with Crippen molar-refractivity contribution in [3.05, 3.63) is 12.2 Å². The van der Waals surface area contributed by atoms with Crippen LogP contribution in [0.15, 0.2) is 12.2 Å². The Morgan fingerprint density at radius 2 is 2.25 bits per heavy atom. The lowest BCUT2D eigenvalue weighted by Crippen LogP contribution is -2.25. The van der Waals surface area contributed by atoms with Crippen LogP contribution in [0.1, 0.15) is 26.2 Å². The Morgan fingerprint density at radius 1 is 1.50 bits per heavy atom. The van der Waals surface area contributed by atoms with Gasteiger partial charge in [-0.2, -0.15) is 0 Å². The van der Waals surface area contributed by atoms with Gasteiger partial charge < -0.3 is 4.74 Å². The van der Waals surface area contributed by atoms with Crippen molar-refractivity contribution < 1.29 is 9.53 Å². The summed E-state index contributed by atoms with van der Waals surface area (Å²) in [5.41, 5.74) is 0.701. The smallest absolute Gasteiger partial charge is 0.334 e. The first-order valence-corrected chi connectivity index (χ1v) is 4.58. The molecule has 0 amide bonds. The number of esters is 1. The van der Waals surface area contributed by atoms with Gasteiger partial charge in [-0.15, -0.1) is 0 Å². The van der Waals surface area contributed by atoms with Gasteiger partial charge in [-0.05, 0) is 25.2 Å². The monoisotopic (exact) mass is 166 g/mol. The molecule has 3 unspecified atom stereocenters. The molecular weight excluding hydrogens is 152 g/mol. The predicted octanol–water partition coefficient (Wildman–Crippen LogP) is 1.90. The van der Waals surface area contributed by atoms with Gasteiger partial charge in [-0.25, -0.2) is 4.79 Å². The van der Waals surface area contributed by atoms with Crippen LogP contribution in [0.5, 0.6) is 0 Å². The highest BCUT2D eigenvalue weighted by atomic mass is 16.6. The number of ether oxygens (including phenoxy) is 1. The van der Waals surface area contributed by atoms with E-state index in [4.69, 9.17) is 4.74 Å². The zero-order valence-electron chi connectivity index (χ0n) is 7.38. The van der Waals surface area contributed by atoms with Crippen molar-refractivity contribution >= 4 is 5.97 Å².